The largest absolute Gasteiger partial charge is 0.444 e. The number of anilines is 2. The average molecular weight is 479 g/mol. The fourth-order valence-corrected chi connectivity index (χ4v) is 4.45. The van der Waals surface area contributed by atoms with Crippen molar-refractivity contribution in [1.82, 2.24) is 24.5 Å². The van der Waals surface area contributed by atoms with E-state index in [1.165, 1.54) is 6.07 Å². The lowest BCUT2D eigenvalue weighted by Gasteiger charge is -2.33. The molecule has 0 unspecified atom stereocenters. The van der Waals surface area contributed by atoms with Crippen LogP contribution in [0.5, 0.6) is 0 Å². The molecule has 0 aliphatic carbocycles. The number of amides is 1. The summed E-state index contributed by atoms with van der Waals surface area (Å²) in [7, 11) is 0. The van der Waals surface area contributed by atoms with E-state index in [4.69, 9.17) is 9.84 Å². The summed E-state index contributed by atoms with van der Waals surface area (Å²) < 4.78 is 20.6. The van der Waals surface area contributed by atoms with Crippen molar-refractivity contribution >= 4 is 34.1 Å². The molecule has 1 fully saturated rings. The summed E-state index contributed by atoms with van der Waals surface area (Å²) >= 11 is 0. The molecular weight excluding hydrogens is 451 g/mol. The number of carbonyl (C=O) groups is 1. The molecule has 1 aliphatic rings. The van der Waals surface area contributed by atoms with Gasteiger partial charge in [-0.05, 0) is 57.9 Å². The molecule has 0 radical (unpaired) electrons. The second-order valence-corrected chi connectivity index (χ2v) is 9.75. The van der Waals surface area contributed by atoms with Crippen molar-refractivity contribution in [3.63, 3.8) is 0 Å². The summed E-state index contributed by atoms with van der Waals surface area (Å²) in [5.74, 6) is 0.116. The van der Waals surface area contributed by atoms with Crippen LogP contribution < -0.4 is 10.9 Å². The average Bonchev–Trinajstić information content (AvgIpc) is 3.18. The van der Waals surface area contributed by atoms with Crippen molar-refractivity contribution in [3.05, 3.63) is 64.5 Å². The topological polar surface area (TPSA) is 105 Å². The van der Waals surface area contributed by atoms with Crippen LogP contribution in [-0.2, 0) is 4.74 Å². The molecule has 4 heterocycles. The lowest BCUT2D eigenvalue weighted by molar-refractivity contribution is 0.0203. The van der Waals surface area contributed by atoms with Gasteiger partial charge in [-0.2, -0.15) is 5.10 Å². The molecule has 10 heteroatoms. The second kappa shape index (κ2) is 8.68. The van der Waals surface area contributed by atoms with Gasteiger partial charge in [0, 0.05) is 25.1 Å². The third kappa shape index (κ3) is 4.68. The van der Waals surface area contributed by atoms with Gasteiger partial charge in [-0.1, -0.05) is 6.07 Å². The van der Waals surface area contributed by atoms with Gasteiger partial charge in [0.05, 0.1) is 28.5 Å². The minimum atomic E-state index is -0.544. The minimum absolute atomic E-state index is 0.0583. The lowest BCUT2D eigenvalue weighted by Crippen LogP contribution is -2.41. The molecule has 0 atom stereocenters. The van der Waals surface area contributed by atoms with Crippen molar-refractivity contribution in [1.29, 1.82) is 0 Å². The van der Waals surface area contributed by atoms with Crippen molar-refractivity contribution in [2.24, 2.45) is 0 Å². The first-order chi connectivity index (χ1) is 16.7. The molecule has 1 amide bonds. The number of nitrogens with one attached hydrogen (secondary N) is 2. The van der Waals surface area contributed by atoms with E-state index in [2.05, 4.69) is 15.3 Å². The van der Waals surface area contributed by atoms with E-state index in [1.807, 2.05) is 39.0 Å². The van der Waals surface area contributed by atoms with Crippen LogP contribution in [0.1, 0.15) is 45.2 Å². The predicted octanol–water partition coefficient (Wildman–Crippen LogP) is 4.57. The Balaban J connectivity index is 1.47. The van der Waals surface area contributed by atoms with E-state index in [1.54, 1.807) is 21.5 Å². The van der Waals surface area contributed by atoms with E-state index in [9.17, 15) is 14.0 Å². The zero-order valence-electron chi connectivity index (χ0n) is 19.8. The molecule has 182 valence electrons. The van der Waals surface area contributed by atoms with Gasteiger partial charge < -0.3 is 19.9 Å². The fraction of sp³-hybridized carbons (Fsp3) is 0.360. The maximum Gasteiger partial charge on any atom is 0.410 e. The van der Waals surface area contributed by atoms with Crippen LogP contribution in [0.3, 0.4) is 0 Å². The Kier molecular flexibility index (Phi) is 5.66. The predicted molar refractivity (Wildman–Crippen MR) is 131 cm³/mol. The molecule has 2 N–H and O–H groups in total. The van der Waals surface area contributed by atoms with Crippen LogP contribution in [0.2, 0.25) is 0 Å². The standard InChI is InChI=1S/C25H27FN6O3/c1-25(2,3)35-24(34)31-11-9-15(10-12-31)19-13-21(33)29-23-22-17(5-4-6-18(22)30-32(19)23)28-20-8-7-16(26)14-27-20/h4-8,13-15H,9-12H2,1-3H3,(H,27,28)(H,29,33). The van der Waals surface area contributed by atoms with Gasteiger partial charge in [-0.25, -0.2) is 18.7 Å². The molecule has 9 nitrogen and oxygen atoms in total. The van der Waals surface area contributed by atoms with E-state index in [0.717, 1.165) is 17.3 Å². The van der Waals surface area contributed by atoms with Crippen molar-refractivity contribution in [2.75, 3.05) is 18.4 Å². The van der Waals surface area contributed by atoms with Crippen LogP contribution in [-0.4, -0.2) is 49.3 Å². The number of hydrogen-bond acceptors (Lipinski definition) is 6. The second-order valence-electron chi connectivity index (χ2n) is 9.75. The highest BCUT2D eigenvalue weighted by Crippen LogP contribution is 2.32. The van der Waals surface area contributed by atoms with Gasteiger partial charge in [0.2, 0.25) is 0 Å². The normalized spacial score (nSPS) is 15.0. The highest BCUT2D eigenvalue weighted by Gasteiger charge is 2.29. The van der Waals surface area contributed by atoms with Crippen LogP contribution in [0.15, 0.2) is 47.4 Å². The number of halogens is 1. The molecule has 4 aromatic rings. The third-order valence-corrected chi connectivity index (χ3v) is 6.02. The summed E-state index contributed by atoms with van der Waals surface area (Å²) in [4.78, 5) is 33.8. The monoisotopic (exact) mass is 478 g/mol. The molecule has 35 heavy (non-hydrogen) atoms. The number of carbonyl (C=O) groups excluding carboxylic acids is 1. The maximum atomic E-state index is 13.3. The van der Waals surface area contributed by atoms with Crippen LogP contribution in [0, 0.1) is 5.82 Å². The Morgan fingerprint density at radius 1 is 1.20 bits per heavy atom. The zero-order chi connectivity index (χ0) is 24.7. The van der Waals surface area contributed by atoms with E-state index >= 15 is 0 Å². The Morgan fingerprint density at radius 3 is 2.66 bits per heavy atom. The van der Waals surface area contributed by atoms with Gasteiger partial charge in [0.1, 0.15) is 22.9 Å². The Morgan fingerprint density at radius 2 is 1.97 bits per heavy atom. The highest BCUT2D eigenvalue weighted by atomic mass is 19.1. The fourth-order valence-electron chi connectivity index (χ4n) is 4.45. The summed E-state index contributed by atoms with van der Waals surface area (Å²) in [6, 6.07) is 10.1. The number of piperidine rings is 1. The number of fused-ring (bicyclic) bond motifs is 3. The van der Waals surface area contributed by atoms with Crippen molar-refractivity contribution in [2.45, 2.75) is 45.1 Å². The molecule has 5 rings (SSSR count). The third-order valence-electron chi connectivity index (χ3n) is 6.02. The first kappa shape index (κ1) is 22.8. The number of H-pyrrole nitrogens is 1. The maximum absolute atomic E-state index is 13.3. The number of pyridine rings is 1. The van der Waals surface area contributed by atoms with Gasteiger partial charge >= 0.3 is 6.09 Å². The van der Waals surface area contributed by atoms with Crippen molar-refractivity contribution in [3.8, 4) is 0 Å². The van der Waals surface area contributed by atoms with E-state index in [0.29, 0.717) is 48.6 Å². The Bertz CT molecular complexity index is 1450. The number of ether oxygens (including phenoxy) is 1. The smallest absolute Gasteiger partial charge is 0.410 e. The van der Waals surface area contributed by atoms with Gasteiger partial charge in [-0.3, -0.25) is 4.79 Å². The van der Waals surface area contributed by atoms with Crippen LogP contribution >= 0.6 is 0 Å². The zero-order valence-corrected chi connectivity index (χ0v) is 19.8. The summed E-state index contributed by atoms with van der Waals surface area (Å²) in [6.07, 6.45) is 2.21. The molecular formula is C25H27FN6O3. The number of aromatic amines is 1. The number of benzene rings is 1. The first-order valence-corrected chi connectivity index (χ1v) is 11.6. The number of nitrogens with zero attached hydrogens (tertiary/aromatic N) is 4. The van der Waals surface area contributed by atoms with Gasteiger partial charge in [0.15, 0.2) is 0 Å². The van der Waals surface area contributed by atoms with E-state index < -0.39 is 11.4 Å². The highest BCUT2D eigenvalue weighted by molar-refractivity contribution is 6.03. The number of aromatic nitrogens is 4. The van der Waals surface area contributed by atoms with Crippen molar-refractivity contribution < 1.29 is 13.9 Å². The van der Waals surface area contributed by atoms with Gasteiger partial charge in [0.25, 0.3) is 5.56 Å². The molecule has 0 saturated carbocycles. The molecule has 0 spiro atoms. The Hall–Kier alpha value is -3.95. The van der Waals surface area contributed by atoms with E-state index in [-0.39, 0.29) is 17.6 Å². The van der Waals surface area contributed by atoms with Crippen LogP contribution in [0.25, 0.3) is 16.6 Å². The number of rotatable bonds is 3. The lowest BCUT2D eigenvalue weighted by atomic mass is 9.93. The Labute approximate surface area is 200 Å². The molecule has 0 bridgehead atoms. The summed E-state index contributed by atoms with van der Waals surface area (Å²) in [6.45, 7) is 6.63. The SMILES string of the molecule is CC(C)(C)OC(=O)N1CCC(c2cc(=O)[nH]c3c4c(Nc5ccc(F)cn5)cccc4nn23)CC1. The molecule has 1 saturated heterocycles. The quantitative estimate of drug-likeness (QED) is 0.447. The molecule has 3 aromatic heterocycles. The summed E-state index contributed by atoms with van der Waals surface area (Å²) in [5.41, 5.74) is 2.00. The number of hydrogen-bond donors (Lipinski definition) is 2. The molecule has 1 aliphatic heterocycles. The van der Waals surface area contributed by atoms with Gasteiger partial charge in [-0.15, -0.1) is 0 Å². The first-order valence-electron chi connectivity index (χ1n) is 11.6. The molecule has 1 aromatic carbocycles. The van der Waals surface area contributed by atoms with Crippen LogP contribution in [0.4, 0.5) is 20.7 Å². The number of likely N-dealkylation sites (tertiary alicyclic amines) is 1. The minimum Gasteiger partial charge on any atom is -0.444 e. The summed E-state index contributed by atoms with van der Waals surface area (Å²) in [5, 5.41) is 8.71.